The third-order valence-corrected chi connectivity index (χ3v) is 3.24. The van der Waals surface area contributed by atoms with E-state index >= 15 is 0 Å². The monoisotopic (exact) mass is 359 g/mol. The average Bonchev–Trinajstić information content (AvgIpc) is 2.64. The lowest BCUT2D eigenvalue weighted by Gasteiger charge is -2.11. The van der Waals surface area contributed by atoms with Gasteiger partial charge in [0, 0.05) is 45.0 Å². The van der Waals surface area contributed by atoms with Crippen LogP contribution in [-0.4, -0.2) is 42.2 Å². The Hall–Kier alpha value is -3.00. The number of ether oxygens (including phenoxy) is 3. The van der Waals surface area contributed by atoms with E-state index in [1.54, 1.807) is 25.3 Å². The molecular formula is C18H21N3O5. The Morgan fingerprint density at radius 1 is 1.15 bits per heavy atom. The second-order valence-electron chi connectivity index (χ2n) is 5.39. The van der Waals surface area contributed by atoms with Crippen molar-refractivity contribution < 1.29 is 23.8 Å². The van der Waals surface area contributed by atoms with Crippen LogP contribution in [0.1, 0.15) is 29.3 Å². The minimum atomic E-state index is -0.401. The number of hydrogen-bond acceptors (Lipinski definition) is 7. The molecule has 0 unspecified atom stereocenters. The number of carbonyl (C=O) groups is 2. The molecule has 0 atom stereocenters. The number of anilines is 1. The molecule has 1 heterocycles. The van der Waals surface area contributed by atoms with Gasteiger partial charge in [-0.25, -0.2) is 4.98 Å². The lowest BCUT2D eigenvalue weighted by molar-refractivity contribution is -0.142. The number of hydrogen-bond donors (Lipinski definition) is 1. The summed E-state index contributed by atoms with van der Waals surface area (Å²) in [6.07, 6.45) is 5.16. The van der Waals surface area contributed by atoms with Crippen molar-refractivity contribution in [3.8, 4) is 5.75 Å². The number of amides is 1. The van der Waals surface area contributed by atoms with Gasteiger partial charge in [0.2, 0.25) is 0 Å². The summed E-state index contributed by atoms with van der Waals surface area (Å²) in [4.78, 5) is 31.4. The van der Waals surface area contributed by atoms with Gasteiger partial charge in [0.1, 0.15) is 12.4 Å². The number of carbonyl (C=O) groups excluding carboxylic acids is 2. The van der Waals surface area contributed by atoms with E-state index < -0.39 is 5.97 Å². The molecule has 2 rings (SSSR count). The largest absolute Gasteiger partial charge is 0.493 e. The molecule has 0 aliphatic rings. The minimum Gasteiger partial charge on any atom is -0.493 e. The van der Waals surface area contributed by atoms with Crippen molar-refractivity contribution in [1.29, 1.82) is 0 Å². The maximum atomic E-state index is 12.5. The Bertz CT molecular complexity index is 737. The van der Waals surface area contributed by atoms with Crippen molar-refractivity contribution in [2.75, 3.05) is 25.6 Å². The molecule has 1 aromatic heterocycles. The zero-order chi connectivity index (χ0) is 18.8. The molecule has 1 aromatic carbocycles. The number of esters is 1. The summed E-state index contributed by atoms with van der Waals surface area (Å²) in [7, 11) is 1.62. The number of nitrogens with one attached hydrogen (secondary N) is 1. The fraction of sp³-hybridized carbons (Fsp3) is 0.333. The van der Waals surface area contributed by atoms with E-state index in [0.717, 1.165) is 0 Å². The summed E-state index contributed by atoms with van der Waals surface area (Å²) < 4.78 is 15.7. The van der Waals surface area contributed by atoms with Gasteiger partial charge in [-0.2, -0.15) is 0 Å². The van der Waals surface area contributed by atoms with Crippen LogP contribution >= 0.6 is 0 Å². The van der Waals surface area contributed by atoms with Crippen LogP contribution < -0.4 is 10.1 Å². The Labute approximate surface area is 151 Å². The highest BCUT2D eigenvalue weighted by Gasteiger charge is 2.11. The van der Waals surface area contributed by atoms with E-state index in [1.165, 1.54) is 25.5 Å². The first-order valence-corrected chi connectivity index (χ1v) is 8.05. The number of rotatable bonds is 9. The minimum absolute atomic E-state index is 0.0516. The Balaban J connectivity index is 2.14. The Morgan fingerprint density at radius 2 is 2.00 bits per heavy atom. The van der Waals surface area contributed by atoms with Gasteiger partial charge in [-0.15, -0.1) is 0 Å². The maximum Gasteiger partial charge on any atom is 0.302 e. The zero-order valence-corrected chi connectivity index (χ0v) is 14.7. The molecule has 0 bridgehead atoms. The fourth-order valence-electron chi connectivity index (χ4n) is 2.09. The highest BCUT2D eigenvalue weighted by Crippen LogP contribution is 2.19. The van der Waals surface area contributed by atoms with Crippen LogP contribution in [-0.2, 0) is 20.9 Å². The van der Waals surface area contributed by atoms with E-state index in [1.807, 2.05) is 0 Å². The van der Waals surface area contributed by atoms with Gasteiger partial charge in [0.15, 0.2) is 5.82 Å². The van der Waals surface area contributed by atoms with Crippen molar-refractivity contribution >= 4 is 17.7 Å². The van der Waals surface area contributed by atoms with E-state index in [4.69, 9.17) is 14.2 Å². The molecule has 0 radical (unpaired) electrons. The zero-order valence-electron chi connectivity index (χ0n) is 14.7. The quantitative estimate of drug-likeness (QED) is 0.541. The molecule has 1 N–H and O–H groups in total. The van der Waals surface area contributed by atoms with E-state index in [9.17, 15) is 9.59 Å². The van der Waals surface area contributed by atoms with Crippen LogP contribution in [0.15, 0.2) is 36.8 Å². The second kappa shape index (κ2) is 10.1. The smallest absolute Gasteiger partial charge is 0.302 e. The summed E-state index contributed by atoms with van der Waals surface area (Å²) >= 11 is 0. The van der Waals surface area contributed by atoms with Crippen molar-refractivity contribution in [3.05, 3.63) is 47.9 Å². The lowest BCUT2D eigenvalue weighted by atomic mass is 10.1. The van der Waals surface area contributed by atoms with Gasteiger partial charge in [-0.1, -0.05) is 0 Å². The van der Waals surface area contributed by atoms with Crippen LogP contribution in [0.4, 0.5) is 5.82 Å². The molecule has 0 fully saturated rings. The molecule has 0 saturated carbocycles. The normalized spacial score (nSPS) is 10.2. The molecule has 138 valence electrons. The summed E-state index contributed by atoms with van der Waals surface area (Å²) in [5.74, 6) is 0.0828. The van der Waals surface area contributed by atoms with Crippen molar-refractivity contribution in [2.45, 2.75) is 20.0 Å². The fourth-order valence-corrected chi connectivity index (χ4v) is 2.09. The molecule has 0 aliphatic carbocycles. The van der Waals surface area contributed by atoms with Crippen molar-refractivity contribution in [2.24, 2.45) is 0 Å². The number of benzene rings is 1. The van der Waals surface area contributed by atoms with Crippen LogP contribution in [0.25, 0.3) is 0 Å². The van der Waals surface area contributed by atoms with E-state index in [2.05, 4.69) is 15.3 Å². The second-order valence-corrected chi connectivity index (χ2v) is 5.39. The molecular weight excluding hydrogens is 338 g/mol. The first-order valence-electron chi connectivity index (χ1n) is 8.05. The van der Waals surface area contributed by atoms with Gasteiger partial charge in [0.25, 0.3) is 5.91 Å². The van der Waals surface area contributed by atoms with Crippen molar-refractivity contribution in [3.63, 3.8) is 0 Å². The summed E-state index contributed by atoms with van der Waals surface area (Å²) in [5.41, 5.74) is 1.01. The molecule has 2 aromatic rings. The number of nitrogens with zero attached hydrogens (tertiary/aromatic N) is 2. The number of methoxy groups -OCH3 is 1. The van der Waals surface area contributed by atoms with Crippen molar-refractivity contribution in [1.82, 2.24) is 9.97 Å². The summed E-state index contributed by atoms with van der Waals surface area (Å²) in [5, 5.41) is 2.66. The molecule has 0 saturated heterocycles. The van der Waals surface area contributed by atoms with Crippen LogP contribution in [0, 0.1) is 0 Å². The molecule has 1 amide bonds. The highest BCUT2D eigenvalue weighted by molar-refractivity contribution is 6.04. The van der Waals surface area contributed by atoms with Crippen LogP contribution in [0.2, 0.25) is 0 Å². The lowest BCUT2D eigenvalue weighted by Crippen LogP contribution is -2.14. The van der Waals surface area contributed by atoms with Crippen LogP contribution in [0.3, 0.4) is 0 Å². The predicted octanol–water partition coefficient (Wildman–Crippen LogP) is 2.21. The maximum absolute atomic E-state index is 12.5. The highest BCUT2D eigenvalue weighted by atomic mass is 16.5. The van der Waals surface area contributed by atoms with E-state index in [0.29, 0.717) is 42.3 Å². The molecule has 8 heteroatoms. The summed E-state index contributed by atoms with van der Waals surface area (Å²) in [6, 6.07) is 4.99. The van der Waals surface area contributed by atoms with Crippen LogP contribution in [0.5, 0.6) is 5.75 Å². The van der Waals surface area contributed by atoms with Gasteiger partial charge in [-0.05, 0) is 23.8 Å². The predicted molar refractivity (Wildman–Crippen MR) is 93.9 cm³/mol. The average molecular weight is 359 g/mol. The first-order chi connectivity index (χ1) is 12.6. The third kappa shape index (κ3) is 6.48. The number of aromatic nitrogens is 2. The SMILES string of the molecule is COCCCOc1cc(COC(C)=O)cc(C(=O)Nc2cnccn2)c1. The molecule has 0 aliphatic heterocycles. The Morgan fingerprint density at radius 3 is 2.69 bits per heavy atom. The van der Waals surface area contributed by atoms with E-state index in [-0.39, 0.29) is 12.5 Å². The molecule has 0 spiro atoms. The third-order valence-electron chi connectivity index (χ3n) is 3.24. The van der Waals surface area contributed by atoms with Gasteiger partial charge < -0.3 is 19.5 Å². The first kappa shape index (κ1) is 19.3. The molecule has 8 nitrogen and oxygen atoms in total. The van der Waals surface area contributed by atoms with Gasteiger partial charge in [0.05, 0.1) is 12.8 Å². The van der Waals surface area contributed by atoms with Gasteiger partial charge >= 0.3 is 5.97 Å². The van der Waals surface area contributed by atoms with Gasteiger partial charge in [-0.3, -0.25) is 14.6 Å². The molecule has 26 heavy (non-hydrogen) atoms. The topological polar surface area (TPSA) is 99.6 Å². The standard InChI is InChI=1S/C18H21N3O5/c1-13(22)26-12-14-8-15(10-16(9-14)25-7-3-6-24-2)18(23)21-17-11-19-4-5-20-17/h4-5,8-11H,3,6-7,12H2,1-2H3,(H,20,21,23). The Kier molecular flexibility index (Phi) is 7.50. The summed E-state index contributed by atoms with van der Waals surface area (Å²) in [6.45, 7) is 2.39.